The maximum atomic E-state index is 12.9. The summed E-state index contributed by atoms with van der Waals surface area (Å²) < 4.78 is 0. The van der Waals surface area contributed by atoms with E-state index in [0.717, 1.165) is 5.56 Å². The molecule has 0 aromatic heterocycles. The monoisotopic (exact) mass is 391 g/mol. The Morgan fingerprint density at radius 1 is 1.16 bits per heavy atom. The van der Waals surface area contributed by atoms with E-state index >= 15 is 0 Å². The third kappa shape index (κ3) is 3.95. The second-order valence-electron chi connectivity index (χ2n) is 5.56. The Balaban J connectivity index is 1.97. The predicted octanol–water partition coefficient (Wildman–Crippen LogP) is 4.42. The van der Waals surface area contributed by atoms with Gasteiger partial charge in [0.25, 0.3) is 5.91 Å². The minimum absolute atomic E-state index is 0.257. The first-order chi connectivity index (χ1) is 12.0. The summed E-state index contributed by atoms with van der Waals surface area (Å²) >= 11 is 17.6. The van der Waals surface area contributed by atoms with E-state index in [9.17, 15) is 4.79 Å². The number of benzene rings is 2. The SMILES string of the molecule is CC1=C(C(=O)Nc2cccc(Cl)c2)[C@H](c2ccccc2Cl)NC(=S)N1. The first kappa shape index (κ1) is 17.7. The molecule has 128 valence electrons. The first-order valence-electron chi connectivity index (χ1n) is 7.55. The van der Waals surface area contributed by atoms with Gasteiger partial charge < -0.3 is 16.0 Å². The number of anilines is 1. The average Bonchev–Trinajstić information content (AvgIpc) is 2.54. The molecule has 1 amide bonds. The number of amides is 1. The van der Waals surface area contributed by atoms with Crippen LogP contribution in [0.3, 0.4) is 0 Å². The fourth-order valence-electron chi connectivity index (χ4n) is 2.70. The van der Waals surface area contributed by atoms with Crippen molar-refractivity contribution in [1.82, 2.24) is 10.6 Å². The van der Waals surface area contributed by atoms with Crippen LogP contribution in [0.4, 0.5) is 5.69 Å². The van der Waals surface area contributed by atoms with Crippen LogP contribution in [0.25, 0.3) is 0 Å². The van der Waals surface area contributed by atoms with Crippen LogP contribution < -0.4 is 16.0 Å². The highest BCUT2D eigenvalue weighted by Crippen LogP contribution is 2.32. The number of carbonyl (C=O) groups is 1. The molecular weight excluding hydrogens is 377 g/mol. The van der Waals surface area contributed by atoms with Gasteiger partial charge in [0, 0.05) is 21.4 Å². The lowest BCUT2D eigenvalue weighted by Gasteiger charge is -2.30. The van der Waals surface area contributed by atoms with Gasteiger partial charge in [0.15, 0.2) is 5.11 Å². The number of halogens is 2. The van der Waals surface area contributed by atoms with Crippen molar-refractivity contribution < 1.29 is 4.79 Å². The Morgan fingerprint density at radius 3 is 2.64 bits per heavy atom. The largest absolute Gasteiger partial charge is 0.351 e. The second-order valence-corrected chi connectivity index (χ2v) is 6.81. The number of allylic oxidation sites excluding steroid dienone is 1. The lowest BCUT2D eigenvalue weighted by Crippen LogP contribution is -2.45. The molecule has 25 heavy (non-hydrogen) atoms. The Morgan fingerprint density at radius 2 is 1.92 bits per heavy atom. The van der Waals surface area contributed by atoms with Crippen molar-refractivity contribution in [3.05, 3.63) is 75.4 Å². The number of rotatable bonds is 3. The number of hydrogen-bond donors (Lipinski definition) is 3. The van der Waals surface area contributed by atoms with Crippen LogP contribution in [0.5, 0.6) is 0 Å². The van der Waals surface area contributed by atoms with E-state index in [0.29, 0.717) is 32.1 Å². The van der Waals surface area contributed by atoms with Gasteiger partial charge >= 0.3 is 0 Å². The third-order valence-electron chi connectivity index (χ3n) is 3.81. The minimum atomic E-state index is -0.443. The van der Waals surface area contributed by atoms with Crippen LogP contribution >= 0.6 is 35.4 Å². The Hall–Kier alpha value is -2.08. The molecule has 1 atom stereocenters. The molecule has 2 aromatic rings. The molecule has 1 aliphatic rings. The van der Waals surface area contributed by atoms with E-state index in [2.05, 4.69) is 16.0 Å². The zero-order valence-electron chi connectivity index (χ0n) is 13.3. The molecule has 1 heterocycles. The summed E-state index contributed by atoms with van der Waals surface area (Å²) in [5.74, 6) is -0.257. The summed E-state index contributed by atoms with van der Waals surface area (Å²) in [7, 11) is 0. The summed E-state index contributed by atoms with van der Waals surface area (Å²) in [4.78, 5) is 12.9. The number of hydrogen-bond acceptors (Lipinski definition) is 2. The van der Waals surface area contributed by atoms with E-state index in [-0.39, 0.29) is 5.91 Å². The van der Waals surface area contributed by atoms with Gasteiger partial charge in [0.1, 0.15) is 0 Å². The summed E-state index contributed by atoms with van der Waals surface area (Å²) in [5.41, 5.74) is 2.59. The van der Waals surface area contributed by atoms with Gasteiger partial charge in [-0.05, 0) is 49.0 Å². The molecule has 7 heteroatoms. The highest BCUT2D eigenvalue weighted by atomic mass is 35.5. The van der Waals surface area contributed by atoms with Crippen molar-refractivity contribution in [2.24, 2.45) is 0 Å². The Bertz CT molecular complexity index is 882. The highest BCUT2D eigenvalue weighted by molar-refractivity contribution is 7.80. The van der Waals surface area contributed by atoms with Gasteiger partial charge in [-0.1, -0.05) is 47.5 Å². The molecule has 0 radical (unpaired) electrons. The second kappa shape index (κ2) is 7.44. The molecule has 0 unspecified atom stereocenters. The van der Waals surface area contributed by atoms with Gasteiger partial charge in [-0.15, -0.1) is 0 Å². The van der Waals surface area contributed by atoms with Gasteiger partial charge in [-0.3, -0.25) is 4.79 Å². The van der Waals surface area contributed by atoms with E-state index in [1.165, 1.54) is 0 Å². The van der Waals surface area contributed by atoms with Crippen molar-refractivity contribution in [2.45, 2.75) is 13.0 Å². The molecule has 4 nitrogen and oxygen atoms in total. The van der Waals surface area contributed by atoms with Crippen molar-refractivity contribution in [2.75, 3.05) is 5.32 Å². The molecule has 0 fully saturated rings. The number of nitrogens with one attached hydrogen (secondary N) is 3. The molecule has 0 aliphatic carbocycles. The summed E-state index contributed by atoms with van der Waals surface area (Å²) in [6.45, 7) is 1.81. The highest BCUT2D eigenvalue weighted by Gasteiger charge is 2.31. The molecular formula is C18H15Cl2N3OS. The van der Waals surface area contributed by atoms with Crippen molar-refractivity contribution in [3.63, 3.8) is 0 Å². The average molecular weight is 392 g/mol. The number of carbonyl (C=O) groups excluding carboxylic acids is 1. The zero-order valence-corrected chi connectivity index (χ0v) is 15.6. The quantitative estimate of drug-likeness (QED) is 0.677. The van der Waals surface area contributed by atoms with Crippen LogP contribution in [0, 0.1) is 0 Å². The molecule has 0 saturated heterocycles. The molecule has 0 bridgehead atoms. The fraction of sp³-hybridized carbons (Fsp3) is 0.111. The van der Waals surface area contributed by atoms with Crippen LogP contribution in [0.15, 0.2) is 59.8 Å². The summed E-state index contributed by atoms with van der Waals surface area (Å²) in [6.07, 6.45) is 0. The smallest absolute Gasteiger partial charge is 0.255 e. The van der Waals surface area contributed by atoms with E-state index in [1.54, 1.807) is 30.3 Å². The van der Waals surface area contributed by atoms with Gasteiger partial charge in [-0.2, -0.15) is 0 Å². The van der Waals surface area contributed by atoms with E-state index in [1.807, 2.05) is 25.1 Å². The van der Waals surface area contributed by atoms with Crippen LogP contribution in [-0.4, -0.2) is 11.0 Å². The lowest BCUT2D eigenvalue weighted by atomic mass is 9.95. The minimum Gasteiger partial charge on any atom is -0.351 e. The number of thiocarbonyl (C=S) groups is 1. The van der Waals surface area contributed by atoms with Crippen LogP contribution in [-0.2, 0) is 4.79 Å². The molecule has 3 N–H and O–H groups in total. The standard InChI is InChI=1S/C18H15Cl2N3OS/c1-10-15(17(24)22-12-6-4-5-11(19)9-12)16(23-18(25)21-10)13-7-2-3-8-14(13)20/h2-9,16H,1H3,(H,22,24)(H2,21,23,25)/t16-/m0/s1. The summed E-state index contributed by atoms with van der Waals surface area (Å²) in [6, 6.07) is 13.9. The third-order valence-corrected chi connectivity index (χ3v) is 4.61. The van der Waals surface area contributed by atoms with Crippen LogP contribution in [0.1, 0.15) is 18.5 Å². The van der Waals surface area contributed by atoms with Gasteiger partial charge in [-0.25, -0.2) is 0 Å². The summed E-state index contributed by atoms with van der Waals surface area (Å²) in [5, 5.41) is 10.5. The Kier molecular flexibility index (Phi) is 5.27. The zero-order chi connectivity index (χ0) is 18.0. The van der Waals surface area contributed by atoms with E-state index < -0.39 is 6.04 Å². The maximum absolute atomic E-state index is 12.9. The fourth-order valence-corrected chi connectivity index (χ4v) is 3.41. The van der Waals surface area contributed by atoms with Crippen molar-refractivity contribution in [3.8, 4) is 0 Å². The van der Waals surface area contributed by atoms with Crippen molar-refractivity contribution in [1.29, 1.82) is 0 Å². The normalized spacial score (nSPS) is 16.9. The van der Waals surface area contributed by atoms with Gasteiger partial charge in [0.05, 0.1) is 11.6 Å². The topological polar surface area (TPSA) is 53.2 Å². The molecule has 0 spiro atoms. The van der Waals surface area contributed by atoms with Crippen LogP contribution in [0.2, 0.25) is 10.0 Å². The Labute approximate surface area is 161 Å². The van der Waals surface area contributed by atoms with Gasteiger partial charge in [0.2, 0.25) is 0 Å². The molecule has 0 saturated carbocycles. The molecule has 2 aromatic carbocycles. The lowest BCUT2D eigenvalue weighted by molar-refractivity contribution is -0.113. The van der Waals surface area contributed by atoms with E-state index in [4.69, 9.17) is 35.4 Å². The molecule has 1 aliphatic heterocycles. The van der Waals surface area contributed by atoms with Crippen molar-refractivity contribution >= 4 is 52.1 Å². The maximum Gasteiger partial charge on any atom is 0.255 e. The predicted molar refractivity (Wildman–Crippen MR) is 106 cm³/mol. The molecule has 3 rings (SSSR count). The first-order valence-corrected chi connectivity index (χ1v) is 8.72.